The van der Waals surface area contributed by atoms with Crippen molar-refractivity contribution in [2.45, 2.75) is 32.2 Å². The summed E-state index contributed by atoms with van der Waals surface area (Å²) in [6.45, 7) is 2.21. The number of carbonyl (C=O) groups is 1. The number of anilines is 2. The number of nitrogens with zero attached hydrogens (tertiary/aromatic N) is 5. The fourth-order valence-corrected chi connectivity index (χ4v) is 3.40. The van der Waals surface area contributed by atoms with E-state index in [9.17, 15) is 9.59 Å². The lowest BCUT2D eigenvalue weighted by Crippen LogP contribution is -2.30. The Balaban J connectivity index is 1.40. The number of carbonyl (C=O) groups excluding carboxylic acids is 1. The normalized spacial score (nSPS) is 14.2. The molecule has 1 aromatic carbocycles. The number of piperidine rings is 1. The number of fused-ring (bicyclic) bond motifs is 1. The Hall–Kier alpha value is -3.29. The topological polar surface area (TPSA) is 93.0 Å². The Morgan fingerprint density at radius 1 is 1.07 bits per heavy atom. The van der Waals surface area contributed by atoms with Gasteiger partial charge in [0, 0.05) is 32.1 Å². The zero-order chi connectivity index (χ0) is 19.3. The van der Waals surface area contributed by atoms with Crippen LogP contribution in [0, 0.1) is 0 Å². The lowest BCUT2D eigenvalue weighted by molar-refractivity contribution is -0.116. The number of para-hydroxylation sites is 1. The molecular weight excluding hydrogens is 356 g/mol. The first kappa shape index (κ1) is 18.1. The minimum absolute atomic E-state index is 0.146. The van der Waals surface area contributed by atoms with Gasteiger partial charge in [0.1, 0.15) is 18.0 Å². The summed E-state index contributed by atoms with van der Waals surface area (Å²) in [4.78, 5) is 39.7. The number of benzene rings is 1. The molecule has 28 heavy (non-hydrogen) atoms. The average Bonchev–Trinajstić information content (AvgIpc) is 2.74. The highest BCUT2D eigenvalue weighted by Crippen LogP contribution is 2.19. The molecule has 0 unspecified atom stereocenters. The van der Waals surface area contributed by atoms with Gasteiger partial charge in [0.15, 0.2) is 0 Å². The van der Waals surface area contributed by atoms with E-state index in [4.69, 9.17) is 0 Å². The first-order chi connectivity index (χ1) is 13.7. The Morgan fingerprint density at radius 2 is 1.89 bits per heavy atom. The smallest absolute Gasteiger partial charge is 0.261 e. The van der Waals surface area contributed by atoms with E-state index in [1.54, 1.807) is 24.3 Å². The third-order valence-corrected chi connectivity index (χ3v) is 4.91. The van der Waals surface area contributed by atoms with Crippen molar-refractivity contribution in [3.05, 3.63) is 53.3 Å². The van der Waals surface area contributed by atoms with E-state index < -0.39 is 0 Å². The van der Waals surface area contributed by atoms with E-state index in [2.05, 4.69) is 25.2 Å². The van der Waals surface area contributed by atoms with Crippen LogP contribution < -0.4 is 15.8 Å². The third kappa shape index (κ3) is 4.00. The predicted octanol–water partition coefficient (Wildman–Crippen LogP) is 2.21. The first-order valence-corrected chi connectivity index (χ1v) is 9.52. The van der Waals surface area contributed by atoms with E-state index >= 15 is 0 Å². The van der Waals surface area contributed by atoms with Crippen molar-refractivity contribution >= 4 is 28.4 Å². The molecule has 3 heterocycles. The van der Waals surface area contributed by atoms with Gasteiger partial charge in [0.05, 0.1) is 17.2 Å². The Labute approximate surface area is 162 Å². The molecular formula is C20H22N6O2. The number of aryl methyl sites for hydroxylation is 1. The molecule has 1 N–H and O–H groups in total. The van der Waals surface area contributed by atoms with E-state index in [0.29, 0.717) is 16.7 Å². The zero-order valence-corrected chi connectivity index (χ0v) is 15.5. The summed E-state index contributed by atoms with van der Waals surface area (Å²) in [6.07, 6.45) is 6.66. The number of aromatic nitrogens is 4. The summed E-state index contributed by atoms with van der Waals surface area (Å²) < 4.78 is 1.46. The van der Waals surface area contributed by atoms with Crippen LogP contribution in [0.4, 0.5) is 11.6 Å². The van der Waals surface area contributed by atoms with Crippen LogP contribution in [0.25, 0.3) is 10.9 Å². The van der Waals surface area contributed by atoms with Crippen molar-refractivity contribution in [2.24, 2.45) is 0 Å². The van der Waals surface area contributed by atoms with Gasteiger partial charge in [0.2, 0.25) is 5.91 Å². The van der Waals surface area contributed by atoms with Crippen LogP contribution in [0.15, 0.2) is 47.8 Å². The van der Waals surface area contributed by atoms with Gasteiger partial charge in [0.25, 0.3) is 5.56 Å². The van der Waals surface area contributed by atoms with Gasteiger partial charge < -0.3 is 10.2 Å². The minimum atomic E-state index is -0.205. The molecule has 1 aliphatic rings. The second kappa shape index (κ2) is 8.16. The van der Waals surface area contributed by atoms with Crippen molar-refractivity contribution in [3.63, 3.8) is 0 Å². The van der Waals surface area contributed by atoms with Gasteiger partial charge in [-0.25, -0.2) is 15.0 Å². The lowest BCUT2D eigenvalue weighted by Gasteiger charge is -2.27. The van der Waals surface area contributed by atoms with Crippen LogP contribution in [0.5, 0.6) is 0 Å². The highest BCUT2D eigenvalue weighted by molar-refractivity contribution is 5.90. The van der Waals surface area contributed by atoms with Gasteiger partial charge >= 0.3 is 0 Å². The summed E-state index contributed by atoms with van der Waals surface area (Å²) in [7, 11) is 0. The van der Waals surface area contributed by atoms with Crippen LogP contribution in [0.1, 0.15) is 25.7 Å². The second-order valence-electron chi connectivity index (χ2n) is 6.87. The summed E-state index contributed by atoms with van der Waals surface area (Å²) in [6, 6.07) is 8.98. The molecule has 0 aliphatic carbocycles. The van der Waals surface area contributed by atoms with Crippen LogP contribution in [-0.2, 0) is 11.3 Å². The van der Waals surface area contributed by atoms with Crippen molar-refractivity contribution in [3.8, 4) is 0 Å². The van der Waals surface area contributed by atoms with Crippen molar-refractivity contribution < 1.29 is 4.79 Å². The number of nitrogens with one attached hydrogen (secondary N) is 1. The van der Waals surface area contributed by atoms with Gasteiger partial charge in [-0.15, -0.1) is 0 Å². The summed E-state index contributed by atoms with van der Waals surface area (Å²) in [5.41, 5.74) is 0.507. The molecule has 3 aromatic rings. The highest BCUT2D eigenvalue weighted by atomic mass is 16.2. The fourth-order valence-electron chi connectivity index (χ4n) is 3.40. The molecule has 0 spiro atoms. The van der Waals surface area contributed by atoms with Crippen molar-refractivity contribution in [2.75, 3.05) is 23.3 Å². The van der Waals surface area contributed by atoms with Gasteiger partial charge in [-0.05, 0) is 31.4 Å². The highest BCUT2D eigenvalue weighted by Gasteiger charge is 2.13. The fraction of sp³-hybridized carbons (Fsp3) is 0.350. The first-order valence-electron chi connectivity index (χ1n) is 9.52. The zero-order valence-electron chi connectivity index (χ0n) is 15.5. The number of rotatable bonds is 5. The standard InChI is InChI=1S/C20H22N6O2/c27-19(8-11-26-14-23-16-7-3-2-6-15(16)20(26)28)24-17-12-18(22-13-21-17)25-9-4-1-5-10-25/h2-3,6-7,12-14H,1,4-5,8-11H2,(H,21,22,24,27). The maximum absolute atomic E-state index is 12.5. The molecule has 1 amide bonds. The predicted molar refractivity (Wildman–Crippen MR) is 107 cm³/mol. The maximum Gasteiger partial charge on any atom is 0.261 e. The third-order valence-electron chi connectivity index (χ3n) is 4.91. The van der Waals surface area contributed by atoms with Gasteiger partial charge in [-0.3, -0.25) is 14.2 Å². The summed E-state index contributed by atoms with van der Waals surface area (Å²) in [5.74, 6) is 1.10. The molecule has 2 aromatic heterocycles. The Morgan fingerprint density at radius 3 is 2.75 bits per heavy atom. The molecule has 144 valence electrons. The molecule has 8 nitrogen and oxygen atoms in total. The molecule has 1 saturated heterocycles. The minimum Gasteiger partial charge on any atom is -0.356 e. The molecule has 0 radical (unpaired) electrons. The summed E-state index contributed by atoms with van der Waals surface area (Å²) in [5, 5.41) is 3.34. The van der Waals surface area contributed by atoms with Crippen LogP contribution >= 0.6 is 0 Å². The molecule has 0 atom stereocenters. The quantitative estimate of drug-likeness (QED) is 0.732. The molecule has 1 fully saturated rings. The van der Waals surface area contributed by atoms with Crippen LogP contribution in [0.3, 0.4) is 0 Å². The average molecular weight is 378 g/mol. The van der Waals surface area contributed by atoms with E-state index in [0.717, 1.165) is 31.7 Å². The molecule has 4 rings (SSSR count). The van der Waals surface area contributed by atoms with Crippen molar-refractivity contribution in [1.29, 1.82) is 0 Å². The van der Waals surface area contributed by atoms with E-state index in [1.807, 2.05) is 6.07 Å². The van der Waals surface area contributed by atoms with Crippen LogP contribution in [-0.4, -0.2) is 38.5 Å². The van der Waals surface area contributed by atoms with E-state index in [1.165, 1.54) is 23.6 Å². The summed E-state index contributed by atoms with van der Waals surface area (Å²) >= 11 is 0. The maximum atomic E-state index is 12.5. The monoisotopic (exact) mass is 378 g/mol. The number of amides is 1. The van der Waals surface area contributed by atoms with E-state index in [-0.39, 0.29) is 24.4 Å². The lowest BCUT2D eigenvalue weighted by atomic mass is 10.1. The Bertz CT molecular complexity index is 1040. The van der Waals surface area contributed by atoms with Crippen molar-refractivity contribution in [1.82, 2.24) is 19.5 Å². The largest absolute Gasteiger partial charge is 0.356 e. The Kier molecular flexibility index (Phi) is 5.27. The molecule has 1 aliphatic heterocycles. The number of hydrogen-bond donors (Lipinski definition) is 1. The molecule has 0 saturated carbocycles. The molecule has 0 bridgehead atoms. The molecule has 8 heteroatoms. The van der Waals surface area contributed by atoms with Gasteiger partial charge in [-0.2, -0.15) is 0 Å². The number of hydrogen-bond acceptors (Lipinski definition) is 6. The van der Waals surface area contributed by atoms with Crippen LogP contribution in [0.2, 0.25) is 0 Å². The SMILES string of the molecule is O=C(CCn1cnc2ccccc2c1=O)Nc1cc(N2CCCCC2)ncn1. The van der Waals surface area contributed by atoms with Gasteiger partial charge in [-0.1, -0.05) is 12.1 Å². The second-order valence-corrected chi connectivity index (χ2v) is 6.87.